The van der Waals surface area contributed by atoms with Crippen LogP contribution >= 0.6 is 9.47 Å². The average Bonchev–Trinajstić information content (AvgIpc) is 2.58. The van der Waals surface area contributed by atoms with Gasteiger partial charge in [0.25, 0.3) is 0 Å². The third kappa shape index (κ3) is 6.22. The average molecular weight is 344 g/mol. The van der Waals surface area contributed by atoms with Crippen molar-refractivity contribution >= 4 is 15.4 Å². The SMILES string of the molecule is CNC(=O)CCCOc1cc(OC)c(CN(C)OP)c(OC)c1. The number of carbonyl (C=O) groups is 1. The van der Waals surface area contributed by atoms with Gasteiger partial charge >= 0.3 is 0 Å². The van der Waals surface area contributed by atoms with Gasteiger partial charge in [0.2, 0.25) is 5.91 Å². The van der Waals surface area contributed by atoms with Crippen molar-refractivity contribution < 1.29 is 23.6 Å². The van der Waals surface area contributed by atoms with Gasteiger partial charge in [-0.05, 0) is 6.42 Å². The summed E-state index contributed by atoms with van der Waals surface area (Å²) in [4.78, 5) is 11.2. The number of nitrogens with one attached hydrogen (secondary N) is 1. The van der Waals surface area contributed by atoms with Crippen LogP contribution in [0.4, 0.5) is 0 Å². The molecule has 0 fully saturated rings. The van der Waals surface area contributed by atoms with E-state index in [1.54, 1.807) is 45.5 Å². The van der Waals surface area contributed by atoms with Crippen molar-refractivity contribution in [2.24, 2.45) is 0 Å². The summed E-state index contributed by atoms with van der Waals surface area (Å²) in [6.07, 6.45) is 1.06. The third-order valence-electron chi connectivity index (χ3n) is 3.24. The summed E-state index contributed by atoms with van der Waals surface area (Å²) >= 11 is 0. The largest absolute Gasteiger partial charge is 0.496 e. The zero-order valence-corrected chi connectivity index (χ0v) is 15.2. The van der Waals surface area contributed by atoms with Crippen LogP contribution < -0.4 is 19.5 Å². The lowest BCUT2D eigenvalue weighted by Gasteiger charge is -2.19. The quantitative estimate of drug-likeness (QED) is 0.396. The maximum absolute atomic E-state index is 11.2. The molecule has 0 heterocycles. The molecule has 0 aliphatic rings. The van der Waals surface area contributed by atoms with Gasteiger partial charge in [-0.1, -0.05) is 0 Å². The third-order valence-corrected chi connectivity index (χ3v) is 3.60. The fourth-order valence-corrected chi connectivity index (χ4v) is 2.08. The molecular weight excluding hydrogens is 319 g/mol. The maximum atomic E-state index is 11.2. The predicted octanol–water partition coefficient (Wildman–Crippen LogP) is 1.76. The van der Waals surface area contributed by atoms with Gasteiger partial charge in [-0.2, -0.15) is 5.06 Å². The molecule has 0 aromatic heterocycles. The highest BCUT2D eigenvalue weighted by molar-refractivity contribution is 7.09. The molecule has 8 heteroatoms. The standard InChI is InChI=1S/C15H25N2O5P/c1-16-15(18)6-5-7-21-11-8-13(19-3)12(10-17(2)22-23)14(9-11)20-4/h8-9H,5-7,10,23H2,1-4H3,(H,16,18). The van der Waals surface area contributed by atoms with Crippen molar-refractivity contribution in [1.82, 2.24) is 10.4 Å². The number of nitrogens with zero attached hydrogens (tertiary/aromatic N) is 1. The van der Waals surface area contributed by atoms with E-state index in [9.17, 15) is 4.79 Å². The fraction of sp³-hybridized carbons (Fsp3) is 0.533. The molecule has 0 aliphatic carbocycles. The monoisotopic (exact) mass is 344 g/mol. The lowest BCUT2D eigenvalue weighted by atomic mass is 10.1. The van der Waals surface area contributed by atoms with Crippen molar-refractivity contribution in [2.45, 2.75) is 19.4 Å². The van der Waals surface area contributed by atoms with Crippen LogP contribution in [0.3, 0.4) is 0 Å². The van der Waals surface area contributed by atoms with Crippen LogP contribution in [0.25, 0.3) is 0 Å². The van der Waals surface area contributed by atoms with Gasteiger partial charge < -0.3 is 19.5 Å². The number of benzene rings is 1. The zero-order chi connectivity index (χ0) is 17.2. The van der Waals surface area contributed by atoms with E-state index in [1.807, 2.05) is 0 Å². The number of methoxy groups -OCH3 is 2. The Morgan fingerprint density at radius 2 is 1.87 bits per heavy atom. The van der Waals surface area contributed by atoms with E-state index in [4.69, 9.17) is 18.8 Å². The van der Waals surface area contributed by atoms with E-state index >= 15 is 0 Å². The summed E-state index contributed by atoms with van der Waals surface area (Å²) in [6, 6.07) is 3.60. The molecule has 0 saturated carbocycles. The second-order valence-corrected chi connectivity index (χ2v) is 5.03. The van der Waals surface area contributed by atoms with Crippen LogP contribution in [-0.4, -0.2) is 45.9 Å². The number of carbonyl (C=O) groups excluding carboxylic acids is 1. The molecular formula is C15H25N2O5P. The number of rotatable bonds is 10. The summed E-state index contributed by atoms with van der Waals surface area (Å²) in [6.45, 7) is 0.931. The zero-order valence-electron chi connectivity index (χ0n) is 14.0. The number of hydroxylamine groups is 2. The van der Waals surface area contributed by atoms with Gasteiger partial charge in [-0.3, -0.25) is 9.42 Å². The van der Waals surface area contributed by atoms with Crippen molar-refractivity contribution in [2.75, 3.05) is 34.9 Å². The Labute approximate surface area is 139 Å². The van der Waals surface area contributed by atoms with Gasteiger partial charge in [-0.25, -0.2) is 0 Å². The molecule has 7 nitrogen and oxygen atoms in total. The Morgan fingerprint density at radius 1 is 1.26 bits per heavy atom. The minimum Gasteiger partial charge on any atom is -0.496 e. The predicted molar refractivity (Wildman–Crippen MR) is 90.6 cm³/mol. The molecule has 1 unspecified atom stereocenters. The molecule has 130 valence electrons. The van der Waals surface area contributed by atoms with E-state index in [-0.39, 0.29) is 5.91 Å². The molecule has 23 heavy (non-hydrogen) atoms. The van der Waals surface area contributed by atoms with Crippen LogP contribution in [0.2, 0.25) is 0 Å². The topological polar surface area (TPSA) is 69.3 Å². The Hall–Kier alpha value is -1.56. The summed E-state index contributed by atoms with van der Waals surface area (Å²) in [5, 5.41) is 4.21. The normalized spacial score (nSPS) is 10.5. The van der Waals surface area contributed by atoms with Crippen molar-refractivity contribution in [3.05, 3.63) is 17.7 Å². The number of hydrogen-bond donors (Lipinski definition) is 1. The fourth-order valence-electron chi connectivity index (χ4n) is 2.01. The molecule has 0 saturated heterocycles. The molecule has 1 N–H and O–H groups in total. The van der Waals surface area contributed by atoms with Crippen LogP contribution in [-0.2, 0) is 16.0 Å². The van der Waals surface area contributed by atoms with Gasteiger partial charge in [0.15, 0.2) is 0 Å². The van der Waals surface area contributed by atoms with Gasteiger partial charge in [0.05, 0.1) is 32.9 Å². The Bertz CT molecular complexity index is 488. The summed E-state index contributed by atoms with van der Waals surface area (Å²) < 4.78 is 21.6. The van der Waals surface area contributed by atoms with Gasteiger partial charge in [0, 0.05) is 42.1 Å². The first-order valence-electron chi connectivity index (χ1n) is 7.22. The van der Waals surface area contributed by atoms with E-state index in [0.717, 1.165) is 5.56 Å². The van der Waals surface area contributed by atoms with Crippen LogP contribution in [0, 0.1) is 0 Å². The lowest BCUT2D eigenvalue weighted by molar-refractivity contribution is -0.120. The van der Waals surface area contributed by atoms with E-state index in [2.05, 4.69) is 14.8 Å². The van der Waals surface area contributed by atoms with Gasteiger partial charge in [0.1, 0.15) is 17.2 Å². The first kappa shape index (κ1) is 19.5. The van der Waals surface area contributed by atoms with E-state index in [1.165, 1.54) is 0 Å². The molecule has 1 atom stereocenters. The smallest absolute Gasteiger partial charge is 0.219 e. The Balaban J connectivity index is 2.80. The second-order valence-electron chi connectivity index (χ2n) is 4.82. The van der Waals surface area contributed by atoms with Crippen molar-refractivity contribution in [3.63, 3.8) is 0 Å². The minimum absolute atomic E-state index is 0.000387. The number of amides is 1. The molecule has 0 radical (unpaired) electrons. The summed E-state index contributed by atoms with van der Waals surface area (Å²) in [7, 11) is 8.79. The van der Waals surface area contributed by atoms with Crippen LogP contribution in [0.1, 0.15) is 18.4 Å². The van der Waals surface area contributed by atoms with Crippen LogP contribution in [0.5, 0.6) is 17.2 Å². The molecule has 0 bridgehead atoms. The van der Waals surface area contributed by atoms with Crippen LogP contribution in [0.15, 0.2) is 12.1 Å². The molecule has 0 spiro atoms. The Morgan fingerprint density at radius 3 is 2.35 bits per heavy atom. The van der Waals surface area contributed by atoms with Gasteiger partial charge in [-0.15, -0.1) is 0 Å². The molecule has 1 rings (SSSR count). The number of hydrogen-bond acceptors (Lipinski definition) is 6. The lowest BCUT2D eigenvalue weighted by Crippen LogP contribution is -2.18. The first-order chi connectivity index (χ1) is 11.0. The second kappa shape index (κ2) is 10.3. The molecule has 1 aromatic carbocycles. The maximum Gasteiger partial charge on any atom is 0.219 e. The van der Waals surface area contributed by atoms with E-state index < -0.39 is 0 Å². The van der Waals surface area contributed by atoms with E-state index in [0.29, 0.717) is 43.2 Å². The number of ether oxygens (including phenoxy) is 3. The summed E-state index contributed by atoms with van der Waals surface area (Å²) in [5.74, 6) is 1.94. The first-order valence-corrected chi connectivity index (χ1v) is 7.69. The highest BCUT2D eigenvalue weighted by Gasteiger charge is 2.15. The molecule has 0 aliphatic heterocycles. The summed E-state index contributed by atoms with van der Waals surface area (Å²) in [5.41, 5.74) is 0.859. The highest BCUT2D eigenvalue weighted by atomic mass is 31.0. The Kier molecular flexibility index (Phi) is 8.69. The van der Waals surface area contributed by atoms with Crippen molar-refractivity contribution in [1.29, 1.82) is 0 Å². The van der Waals surface area contributed by atoms with Crippen molar-refractivity contribution in [3.8, 4) is 17.2 Å². The molecule has 1 aromatic rings. The highest BCUT2D eigenvalue weighted by Crippen LogP contribution is 2.35. The molecule has 1 amide bonds. The minimum atomic E-state index is -0.000387.